The van der Waals surface area contributed by atoms with Crippen molar-refractivity contribution in [1.82, 2.24) is 20.1 Å². The van der Waals surface area contributed by atoms with Crippen LogP contribution in [-0.4, -0.2) is 27.4 Å². The number of H-pyrrole nitrogens is 1. The first kappa shape index (κ1) is 24.4. The molecule has 2 N–H and O–H groups in total. The van der Waals surface area contributed by atoms with Gasteiger partial charge in [0.05, 0.1) is 17.1 Å². The Morgan fingerprint density at radius 2 is 1.92 bits per heavy atom. The Morgan fingerprint density at radius 3 is 2.73 bits per heavy atom. The van der Waals surface area contributed by atoms with Crippen molar-refractivity contribution in [1.29, 1.82) is 0 Å². The average Bonchev–Trinajstić information content (AvgIpc) is 3.42. The summed E-state index contributed by atoms with van der Waals surface area (Å²) in [6.45, 7) is 5.79. The molecule has 5 rings (SSSR count). The highest BCUT2D eigenvalue weighted by Gasteiger charge is 2.09. The second kappa shape index (κ2) is 10.8. The molecule has 1 amide bonds. The lowest BCUT2D eigenvalue weighted by atomic mass is 10.1. The van der Waals surface area contributed by atoms with E-state index in [0.29, 0.717) is 17.9 Å². The molecule has 0 aliphatic rings. The number of aromatic nitrogens is 3. The second-order valence-electron chi connectivity index (χ2n) is 9.17. The van der Waals surface area contributed by atoms with Crippen molar-refractivity contribution in [3.63, 3.8) is 0 Å². The van der Waals surface area contributed by atoms with Crippen molar-refractivity contribution in [3.05, 3.63) is 101 Å². The van der Waals surface area contributed by atoms with Gasteiger partial charge in [-0.15, -0.1) is 0 Å². The molecule has 7 nitrogen and oxygen atoms in total. The number of fused-ring (bicyclic) bond motifs is 3. The Morgan fingerprint density at radius 1 is 1.11 bits per heavy atom. The van der Waals surface area contributed by atoms with E-state index in [2.05, 4.69) is 52.6 Å². The lowest BCUT2D eigenvalue weighted by Gasteiger charge is -2.06. The zero-order chi connectivity index (χ0) is 25.8. The Balaban J connectivity index is 1.34. The predicted molar refractivity (Wildman–Crippen MR) is 142 cm³/mol. The van der Waals surface area contributed by atoms with Crippen molar-refractivity contribution in [3.8, 4) is 5.75 Å². The van der Waals surface area contributed by atoms with Gasteiger partial charge in [-0.2, -0.15) is 10.1 Å². The minimum Gasteiger partial charge on any atom is -0.409 e. The predicted octanol–water partition coefficient (Wildman–Crippen LogP) is 5.67. The maximum Gasteiger partial charge on any atom is 0.439 e. The number of rotatable bonds is 7. The molecule has 5 aromatic rings. The molecule has 3 aromatic carbocycles. The minimum atomic E-state index is -0.815. The number of ether oxygens (including phenoxy) is 1. The molecule has 2 heterocycles. The van der Waals surface area contributed by atoms with Gasteiger partial charge >= 0.3 is 6.09 Å². The molecule has 0 radical (unpaired) electrons. The number of hydrogen-bond donors (Lipinski definition) is 2. The van der Waals surface area contributed by atoms with Gasteiger partial charge in [-0.05, 0) is 62.2 Å². The molecule has 0 saturated carbocycles. The fourth-order valence-electron chi connectivity index (χ4n) is 4.27. The topological polar surface area (TPSA) is 84.3 Å². The number of amides is 1. The molecule has 0 aliphatic heterocycles. The highest BCUT2D eigenvalue weighted by atomic mass is 19.1. The van der Waals surface area contributed by atoms with Crippen LogP contribution in [0.4, 0.5) is 9.18 Å². The van der Waals surface area contributed by atoms with E-state index in [0.717, 1.165) is 46.4 Å². The Bertz CT molecular complexity index is 1640. The first-order valence-corrected chi connectivity index (χ1v) is 12.3. The van der Waals surface area contributed by atoms with Gasteiger partial charge in [0.15, 0.2) is 0 Å². The van der Waals surface area contributed by atoms with Crippen LogP contribution in [0.1, 0.15) is 31.0 Å². The summed E-state index contributed by atoms with van der Waals surface area (Å²) < 4.78 is 20.5. The number of benzene rings is 2. The van der Waals surface area contributed by atoms with Crippen molar-refractivity contribution < 1.29 is 13.9 Å². The van der Waals surface area contributed by atoms with Crippen LogP contribution in [0, 0.1) is 5.82 Å². The van der Waals surface area contributed by atoms with E-state index in [1.807, 2.05) is 35.1 Å². The van der Waals surface area contributed by atoms with Gasteiger partial charge in [0.2, 0.25) is 0 Å². The number of carbonyl (C=O) groups excluding carboxylic acids is 1. The van der Waals surface area contributed by atoms with Crippen LogP contribution in [-0.2, 0) is 13.0 Å². The largest absolute Gasteiger partial charge is 0.439 e. The third-order valence-electron chi connectivity index (χ3n) is 6.12. The molecule has 0 bridgehead atoms. The quantitative estimate of drug-likeness (QED) is 0.284. The molecule has 0 aliphatic carbocycles. The number of nitrogens with zero attached hydrogens (tertiary/aromatic N) is 3. The van der Waals surface area contributed by atoms with Crippen LogP contribution in [0.15, 0.2) is 84.1 Å². The third kappa shape index (κ3) is 5.76. The monoisotopic (exact) mass is 497 g/mol. The van der Waals surface area contributed by atoms with Gasteiger partial charge in [-0.3, -0.25) is 4.68 Å². The van der Waals surface area contributed by atoms with E-state index >= 15 is 0 Å². The van der Waals surface area contributed by atoms with E-state index in [4.69, 9.17) is 4.74 Å². The van der Waals surface area contributed by atoms with Crippen molar-refractivity contribution >= 4 is 27.9 Å². The van der Waals surface area contributed by atoms with E-state index in [1.165, 1.54) is 23.8 Å². The molecule has 0 saturated heterocycles. The average molecular weight is 498 g/mol. The standard InChI is InChI=1S/C29H28FN5O2/c1-19(2)35-18-20(16-32-35)12-13-31-17-21-6-3-11-26-25-10-5-8-23(15-27(25)34-28(21)26)33-29(36)37-24-9-4-7-22(30)14-24/h3-11,14-16,18-19,31,34H,12-13,17H2,1-2H3. The van der Waals surface area contributed by atoms with Crippen LogP contribution in [0.25, 0.3) is 21.8 Å². The van der Waals surface area contributed by atoms with Crippen molar-refractivity contribution in [2.75, 3.05) is 6.54 Å². The summed E-state index contributed by atoms with van der Waals surface area (Å²) in [6, 6.07) is 19.4. The Hall–Kier alpha value is -4.30. The van der Waals surface area contributed by atoms with Gasteiger partial charge in [0, 0.05) is 41.1 Å². The molecule has 188 valence electrons. The highest BCUT2D eigenvalue weighted by molar-refractivity contribution is 6.07. The first-order chi connectivity index (χ1) is 18.0. The summed E-state index contributed by atoms with van der Waals surface area (Å²) in [5.74, 6) is -0.376. The Kier molecular flexibility index (Phi) is 7.09. The summed E-state index contributed by atoms with van der Waals surface area (Å²) in [5.41, 5.74) is 4.26. The zero-order valence-corrected chi connectivity index (χ0v) is 20.7. The van der Waals surface area contributed by atoms with Crippen LogP contribution in [0.3, 0.4) is 0 Å². The number of carbonyl (C=O) groups is 1. The van der Waals surface area contributed by atoms with Crippen LogP contribution < -0.4 is 15.4 Å². The molecule has 0 unspecified atom stereocenters. The number of aromatic amines is 1. The summed E-state index contributed by atoms with van der Waals surface area (Å²) in [4.78, 5) is 19.8. The van der Waals surface area contributed by atoms with Gasteiger partial charge in [-0.1, -0.05) is 36.4 Å². The molecule has 2 aromatic heterocycles. The number of nitrogens with one attached hydrogen (secondary N) is 2. The van der Waals surface area contributed by atoms with Gasteiger partial charge < -0.3 is 15.0 Å². The van der Waals surface area contributed by atoms with Gasteiger partial charge in [0.1, 0.15) is 11.6 Å². The lowest BCUT2D eigenvalue weighted by Crippen LogP contribution is -2.16. The minimum absolute atomic E-state index is 0.107. The molecule has 0 atom stereocenters. The normalized spacial score (nSPS) is 12.1. The highest BCUT2D eigenvalue weighted by Crippen LogP contribution is 2.26. The molecule has 8 heteroatoms. The van der Waals surface area contributed by atoms with Gasteiger partial charge in [0.25, 0.3) is 0 Å². The molecular weight excluding hydrogens is 469 g/mol. The number of halogens is 1. The van der Waals surface area contributed by atoms with Crippen molar-refractivity contribution in [2.24, 2.45) is 4.99 Å². The number of hydrogen-bond acceptors (Lipinski definition) is 4. The summed E-state index contributed by atoms with van der Waals surface area (Å²) in [6.07, 6.45) is 4.12. The maximum atomic E-state index is 13.4. The fourth-order valence-corrected chi connectivity index (χ4v) is 4.27. The first-order valence-electron chi connectivity index (χ1n) is 12.3. The van der Waals surface area contributed by atoms with E-state index in [1.54, 1.807) is 6.07 Å². The smallest absolute Gasteiger partial charge is 0.409 e. The lowest BCUT2D eigenvalue weighted by molar-refractivity contribution is 0.210. The summed E-state index contributed by atoms with van der Waals surface area (Å²) in [7, 11) is 0. The number of para-hydroxylation sites is 1. The van der Waals surface area contributed by atoms with E-state index in [9.17, 15) is 9.18 Å². The van der Waals surface area contributed by atoms with E-state index in [-0.39, 0.29) is 5.75 Å². The zero-order valence-electron chi connectivity index (χ0n) is 20.7. The third-order valence-corrected chi connectivity index (χ3v) is 6.12. The molecule has 0 fully saturated rings. The molecule has 0 spiro atoms. The summed E-state index contributed by atoms with van der Waals surface area (Å²) >= 11 is 0. The molecule has 37 heavy (non-hydrogen) atoms. The van der Waals surface area contributed by atoms with Crippen LogP contribution in [0.2, 0.25) is 0 Å². The van der Waals surface area contributed by atoms with Crippen molar-refractivity contribution in [2.45, 2.75) is 32.9 Å². The van der Waals surface area contributed by atoms with Gasteiger partial charge in [-0.25, -0.2) is 9.18 Å². The molecular formula is C29H28FN5O2. The van der Waals surface area contributed by atoms with E-state index < -0.39 is 11.9 Å². The fraction of sp³-hybridized carbons (Fsp3) is 0.207. The van der Waals surface area contributed by atoms with Crippen LogP contribution >= 0.6 is 0 Å². The maximum absolute atomic E-state index is 13.4. The summed E-state index contributed by atoms with van der Waals surface area (Å²) in [5, 5.41) is 10.5. The SMILES string of the molecule is CC(C)n1cc(CCNCc2cccc3c2[nH]c2cc(=NC(=O)Oc4cccc(F)c4)cccc23)cn1. The Labute approximate surface area is 213 Å². The van der Waals surface area contributed by atoms with Crippen LogP contribution in [0.5, 0.6) is 5.75 Å². The second-order valence-corrected chi connectivity index (χ2v) is 9.17.